The molecule has 0 amide bonds. The Balaban J connectivity index is 1.64. The Kier molecular flexibility index (Phi) is 5.44. The number of hydrogen-bond donors (Lipinski definition) is 1. The number of aromatic amines is 1. The first-order valence-corrected chi connectivity index (χ1v) is 9.85. The van der Waals surface area contributed by atoms with Crippen molar-refractivity contribution in [2.24, 2.45) is 5.10 Å². The van der Waals surface area contributed by atoms with Crippen molar-refractivity contribution >= 4 is 18.4 Å². The predicted molar refractivity (Wildman–Crippen MR) is 111 cm³/mol. The molecule has 0 fully saturated rings. The van der Waals surface area contributed by atoms with E-state index in [9.17, 15) is 4.39 Å². The molecule has 1 atom stereocenters. The van der Waals surface area contributed by atoms with Crippen LogP contribution in [-0.4, -0.2) is 33.8 Å². The van der Waals surface area contributed by atoms with Crippen molar-refractivity contribution < 1.29 is 13.9 Å². The Bertz CT molecular complexity index is 1100. The van der Waals surface area contributed by atoms with Crippen molar-refractivity contribution in [2.45, 2.75) is 32.8 Å². The summed E-state index contributed by atoms with van der Waals surface area (Å²) in [6, 6.07) is 10.2. The van der Waals surface area contributed by atoms with Gasteiger partial charge in [0, 0.05) is 24.0 Å². The number of rotatable bonds is 6. The van der Waals surface area contributed by atoms with Crippen molar-refractivity contribution in [3.05, 3.63) is 69.5 Å². The highest BCUT2D eigenvalue weighted by atomic mass is 32.1. The third kappa shape index (κ3) is 4.22. The van der Waals surface area contributed by atoms with Gasteiger partial charge >= 0.3 is 0 Å². The first-order valence-electron chi connectivity index (χ1n) is 9.45. The lowest BCUT2D eigenvalue weighted by atomic mass is 10.1. The molecule has 3 aromatic rings. The summed E-state index contributed by atoms with van der Waals surface area (Å²) in [7, 11) is 0. The Hall–Kier alpha value is -3.00. The zero-order valence-electron chi connectivity index (χ0n) is 16.2. The van der Waals surface area contributed by atoms with Gasteiger partial charge < -0.3 is 9.47 Å². The van der Waals surface area contributed by atoms with Crippen molar-refractivity contribution in [2.75, 3.05) is 6.61 Å². The lowest BCUT2D eigenvalue weighted by Crippen LogP contribution is -2.05. The molecule has 1 aliphatic heterocycles. The van der Waals surface area contributed by atoms with Crippen LogP contribution in [0.15, 0.2) is 41.5 Å². The second-order valence-electron chi connectivity index (χ2n) is 6.87. The molecule has 0 saturated heterocycles. The fourth-order valence-corrected chi connectivity index (χ4v) is 3.50. The van der Waals surface area contributed by atoms with Crippen LogP contribution in [0.4, 0.5) is 4.39 Å². The Morgan fingerprint density at radius 3 is 2.93 bits per heavy atom. The summed E-state index contributed by atoms with van der Waals surface area (Å²) in [6.07, 6.45) is 3.17. The normalized spacial score (nSPS) is 15.5. The van der Waals surface area contributed by atoms with Crippen molar-refractivity contribution in [3.63, 3.8) is 0 Å². The number of hydrogen-bond acceptors (Lipinski definition) is 5. The molecule has 0 spiro atoms. The molecule has 4 rings (SSSR count). The molecule has 6 nitrogen and oxygen atoms in total. The van der Waals surface area contributed by atoms with Crippen LogP contribution in [0.2, 0.25) is 0 Å². The highest BCUT2D eigenvalue weighted by molar-refractivity contribution is 7.71. The smallest absolute Gasteiger partial charge is 0.216 e. The summed E-state index contributed by atoms with van der Waals surface area (Å²) in [5.74, 6) is 1.96. The van der Waals surface area contributed by atoms with Crippen molar-refractivity contribution in [1.29, 1.82) is 0 Å². The standard InChI is InChI=1S/C21H21FN4O2S/c1-3-27-18-10-15-8-13(2)28-19(15)11-16(18)12-23-26-20(24-25-21(26)29)9-14-4-6-17(22)7-5-14/h4-7,10-13H,3,8-9H2,1-2H3,(H,25,29)/b23-12-/t13-/m1/s1. The molecule has 150 valence electrons. The van der Waals surface area contributed by atoms with E-state index in [-0.39, 0.29) is 11.9 Å². The molecule has 1 aromatic heterocycles. The number of benzene rings is 2. The molecule has 0 bridgehead atoms. The van der Waals surface area contributed by atoms with Gasteiger partial charge in [0.25, 0.3) is 0 Å². The molecular weight excluding hydrogens is 391 g/mol. The van der Waals surface area contributed by atoms with Crippen LogP contribution >= 0.6 is 12.2 Å². The average molecular weight is 412 g/mol. The second kappa shape index (κ2) is 8.16. The fourth-order valence-electron chi connectivity index (χ4n) is 3.30. The van der Waals surface area contributed by atoms with Crippen LogP contribution in [0.1, 0.15) is 36.4 Å². The van der Waals surface area contributed by atoms with Crippen molar-refractivity contribution in [1.82, 2.24) is 14.9 Å². The molecule has 2 aromatic carbocycles. The Labute approximate surface area is 173 Å². The van der Waals surface area contributed by atoms with E-state index in [1.54, 1.807) is 23.0 Å². The van der Waals surface area contributed by atoms with E-state index in [0.29, 0.717) is 23.6 Å². The third-order valence-electron chi connectivity index (χ3n) is 4.63. The molecule has 1 aliphatic rings. The van der Waals surface area contributed by atoms with E-state index in [1.165, 1.54) is 12.1 Å². The van der Waals surface area contributed by atoms with Gasteiger partial charge in [-0.3, -0.25) is 5.10 Å². The van der Waals surface area contributed by atoms with E-state index in [2.05, 4.69) is 15.3 Å². The number of fused-ring (bicyclic) bond motifs is 1. The van der Waals surface area contributed by atoms with Gasteiger partial charge in [-0.05, 0) is 55.9 Å². The second-order valence-corrected chi connectivity index (χ2v) is 7.25. The highest BCUT2D eigenvalue weighted by Gasteiger charge is 2.21. The van der Waals surface area contributed by atoms with Gasteiger partial charge in [0.2, 0.25) is 4.77 Å². The van der Waals surface area contributed by atoms with E-state index in [0.717, 1.165) is 34.6 Å². The number of ether oxygens (including phenoxy) is 2. The lowest BCUT2D eigenvalue weighted by Gasteiger charge is -2.09. The van der Waals surface area contributed by atoms with Crippen LogP contribution in [0.25, 0.3) is 0 Å². The lowest BCUT2D eigenvalue weighted by molar-refractivity contribution is 0.254. The molecule has 29 heavy (non-hydrogen) atoms. The van der Waals surface area contributed by atoms with Gasteiger partial charge in [-0.15, -0.1) is 0 Å². The summed E-state index contributed by atoms with van der Waals surface area (Å²) in [5.41, 5.74) is 2.84. The van der Waals surface area contributed by atoms with Gasteiger partial charge in [-0.1, -0.05) is 12.1 Å². The maximum atomic E-state index is 13.1. The van der Waals surface area contributed by atoms with Crippen LogP contribution in [0.5, 0.6) is 11.5 Å². The molecule has 8 heteroatoms. The minimum Gasteiger partial charge on any atom is -0.493 e. The maximum Gasteiger partial charge on any atom is 0.216 e. The largest absolute Gasteiger partial charge is 0.493 e. The quantitative estimate of drug-likeness (QED) is 0.485. The first-order chi connectivity index (χ1) is 14.0. The molecule has 2 heterocycles. The molecule has 0 unspecified atom stereocenters. The molecule has 0 saturated carbocycles. The topological polar surface area (TPSA) is 64.4 Å². The number of aromatic nitrogens is 3. The monoisotopic (exact) mass is 412 g/mol. The van der Waals surface area contributed by atoms with Gasteiger partial charge in [0.1, 0.15) is 23.4 Å². The van der Waals surface area contributed by atoms with Crippen LogP contribution in [-0.2, 0) is 12.8 Å². The van der Waals surface area contributed by atoms with Crippen LogP contribution in [0, 0.1) is 10.6 Å². The van der Waals surface area contributed by atoms with Gasteiger partial charge in [-0.2, -0.15) is 14.9 Å². The summed E-state index contributed by atoms with van der Waals surface area (Å²) >= 11 is 5.32. The average Bonchev–Trinajstić information content (AvgIpc) is 3.23. The van der Waals surface area contributed by atoms with E-state index in [4.69, 9.17) is 21.7 Å². The van der Waals surface area contributed by atoms with Crippen molar-refractivity contribution in [3.8, 4) is 11.5 Å². The summed E-state index contributed by atoms with van der Waals surface area (Å²) in [4.78, 5) is 0. The number of nitrogens with zero attached hydrogens (tertiary/aromatic N) is 3. The van der Waals surface area contributed by atoms with Gasteiger partial charge in [-0.25, -0.2) is 4.39 Å². The summed E-state index contributed by atoms with van der Waals surface area (Å²) < 4.78 is 26.7. The Morgan fingerprint density at radius 2 is 2.17 bits per heavy atom. The predicted octanol–water partition coefficient (Wildman–Crippen LogP) is 4.27. The third-order valence-corrected chi connectivity index (χ3v) is 4.90. The zero-order chi connectivity index (χ0) is 20.4. The first kappa shape index (κ1) is 19.3. The molecular formula is C21H21FN4O2S. The molecule has 0 radical (unpaired) electrons. The Morgan fingerprint density at radius 1 is 1.38 bits per heavy atom. The number of halogens is 1. The summed E-state index contributed by atoms with van der Waals surface area (Å²) in [5, 5.41) is 11.5. The number of nitrogens with one attached hydrogen (secondary N) is 1. The van der Waals surface area contributed by atoms with Crippen LogP contribution < -0.4 is 9.47 Å². The maximum absolute atomic E-state index is 13.1. The van der Waals surface area contributed by atoms with E-state index >= 15 is 0 Å². The van der Waals surface area contributed by atoms with Crippen LogP contribution in [0.3, 0.4) is 0 Å². The SMILES string of the molecule is CCOc1cc2c(cc1/C=N\n1c(Cc3ccc(F)cc3)n[nH]c1=S)O[C@H](C)C2. The highest BCUT2D eigenvalue weighted by Crippen LogP contribution is 2.34. The van der Waals surface area contributed by atoms with Gasteiger partial charge in [0.05, 0.1) is 12.8 Å². The minimum absolute atomic E-state index is 0.150. The van der Waals surface area contributed by atoms with E-state index in [1.807, 2.05) is 26.0 Å². The fraction of sp³-hybridized carbons (Fsp3) is 0.286. The van der Waals surface area contributed by atoms with E-state index < -0.39 is 0 Å². The number of H-pyrrole nitrogens is 1. The zero-order valence-corrected chi connectivity index (χ0v) is 17.0. The molecule has 1 N–H and O–H groups in total. The molecule has 0 aliphatic carbocycles. The van der Waals surface area contributed by atoms with Gasteiger partial charge in [0.15, 0.2) is 5.82 Å². The minimum atomic E-state index is -0.276. The summed E-state index contributed by atoms with van der Waals surface area (Å²) in [6.45, 7) is 4.54.